The number of methoxy groups -OCH3 is 1. The van der Waals surface area contributed by atoms with Crippen molar-refractivity contribution in [3.05, 3.63) is 124 Å². The Kier molecular flexibility index (Phi) is 5.07. The number of benzene rings is 4. The fourth-order valence-corrected chi connectivity index (χ4v) is 6.95. The zero-order valence-corrected chi connectivity index (χ0v) is 21.3. The minimum Gasteiger partial charge on any atom is -0.497 e. The highest BCUT2D eigenvalue weighted by molar-refractivity contribution is 6.30. The average Bonchev–Trinajstić information content (AvgIpc) is 3.23. The van der Waals surface area contributed by atoms with Crippen molar-refractivity contribution in [2.24, 2.45) is 16.8 Å². The fraction of sp³-hybridized carbons (Fsp3) is 0.156. The van der Waals surface area contributed by atoms with Crippen LogP contribution in [-0.4, -0.2) is 25.1 Å². The number of hydrogen-bond donors (Lipinski definition) is 0. The van der Waals surface area contributed by atoms with Crippen molar-refractivity contribution in [2.75, 3.05) is 12.0 Å². The molecule has 2 bridgehead atoms. The number of amides is 2. The number of halogens is 1. The van der Waals surface area contributed by atoms with E-state index in [0.717, 1.165) is 22.3 Å². The second-order valence-electron chi connectivity index (χ2n) is 9.97. The number of carbonyl (C=O) groups is 2. The quantitative estimate of drug-likeness (QED) is 0.235. The highest BCUT2D eigenvalue weighted by Gasteiger charge is 2.67. The van der Waals surface area contributed by atoms with Gasteiger partial charge in [0.05, 0.1) is 35.7 Å². The van der Waals surface area contributed by atoms with Crippen molar-refractivity contribution in [3.63, 3.8) is 0 Å². The molecule has 1 heterocycles. The molecule has 6 heteroatoms. The van der Waals surface area contributed by atoms with Crippen LogP contribution in [0, 0.1) is 11.8 Å². The van der Waals surface area contributed by atoms with Crippen molar-refractivity contribution in [3.8, 4) is 5.75 Å². The maximum atomic E-state index is 14.4. The Morgan fingerprint density at radius 3 is 2.13 bits per heavy atom. The zero-order valence-electron chi connectivity index (χ0n) is 20.5. The van der Waals surface area contributed by atoms with Crippen molar-refractivity contribution >= 4 is 41.0 Å². The van der Waals surface area contributed by atoms with Crippen molar-refractivity contribution in [2.45, 2.75) is 11.3 Å². The lowest BCUT2D eigenvalue weighted by atomic mass is 9.47. The Labute approximate surface area is 225 Å². The average molecular weight is 519 g/mol. The molecule has 4 aromatic rings. The van der Waals surface area contributed by atoms with Gasteiger partial charge in [-0.3, -0.25) is 14.6 Å². The number of imide groups is 1. The number of hydrogen-bond acceptors (Lipinski definition) is 4. The topological polar surface area (TPSA) is 59.0 Å². The van der Waals surface area contributed by atoms with Gasteiger partial charge < -0.3 is 4.74 Å². The molecule has 1 saturated heterocycles. The molecule has 1 fully saturated rings. The molecule has 3 aliphatic carbocycles. The highest BCUT2D eigenvalue weighted by Crippen LogP contribution is 2.63. The Hall–Kier alpha value is -4.22. The van der Waals surface area contributed by atoms with Crippen LogP contribution in [0.15, 0.2) is 102 Å². The molecule has 2 amide bonds. The molecule has 0 N–H and O–H groups in total. The minimum atomic E-state index is -0.914. The van der Waals surface area contributed by atoms with Gasteiger partial charge in [-0.25, -0.2) is 4.90 Å². The summed E-state index contributed by atoms with van der Waals surface area (Å²) in [6.45, 7) is 0. The molecule has 0 spiro atoms. The van der Waals surface area contributed by atoms with E-state index >= 15 is 0 Å². The van der Waals surface area contributed by atoms with E-state index in [4.69, 9.17) is 21.3 Å². The first kappa shape index (κ1) is 22.9. The number of aliphatic imine (C=N–C) groups is 1. The van der Waals surface area contributed by atoms with Crippen molar-refractivity contribution in [1.29, 1.82) is 0 Å². The minimum absolute atomic E-state index is 0.181. The van der Waals surface area contributed by atoms with E-state index < -0.39 is 17.3 Å². The molecule has 4 aromatic carbocycles. The number of rotatable bonds is 4. The highest BCUT2D eigenvalue weighted by atomic mass is 35.5. The van der Waals surface area contributed by atoms with E-state index in [-0.39, 0.29) is 17.7 Å². The molecule has 8 rings (SSSR count). The third-order valence-corrected chi connectivity index (χ3v) is 8.47. The van der Waals surface area contributed by atoms with E-state index in [2.05, 4.69) is 24.3 Å². The molecule has 0 saturated carbocycles. The van der Waals surface area contributed by atoms with Crippen molar-refractivity contribution < 1.29 is 14.3 Å². The predicted molar refractivity (Wildman–Crippen MR) is 148 cm³/mol. The molecule has 1 aliphatic heterocycles. The van der Waals surface area contributed by atoms with Crippen LogP contribution in [0.2, 0.25) is 5.02 Å². The Morgan fingerprint density at radius 1 is 0.842 bits per heavy atom. The van der Waals surface area contributed by atoms with Crippen LogP contribution in [0.25, 0.3) is 0 Å². The van der Waals surface area contributed by atoms with Crippen LogP contribution in [0.3, 0.4) is 0 Å². The summed E-state index contributed by atoms with van der Waals surface area (Å²) in [5.41, 5.74) is 4.51. The van der Waals surface area contributed by atoms with Gasteiger partial charge in [-0.1, -0.05) is 66.2 Å². The van der Waals surface area contributed by atoms with Crippen LogP contribution in [0.1, 0.15) is 28.2 Å². The second kappa shape index (κ2) is 8.40. The smallest absolute Gasteiger partial charge is 0.239 e. The second-order valence-corrected chi connectivity index (χ2v) is 10.4. The normalized spacial score (nSPS) is 24.9. The van der Waals surface area contributed by atoms with Crippen LogP contribution in [0.5, 0.6) is 5.75 Å². The summed E-state index contributed by atoms with van der Waals surface area (Å²) in [5, 5.41) is 0.584. The van der Waals surface area contributed by atoms with Gasteiger partial charge in [0.25, 0.3) is 0 Å². The summed E-state index contributed by atoms with van der Waals surface area (Å²) in [6.07, 6.45) is 1.88. The summed E-state index contributed by atoms with van der Waals surface area (Å²) >= 11 is 6.26. The van der Waals surface area contributed by atoms with Crippen LogP contribution < -0.4 is 9.64 Å². The monoisotopic (exact) mass is 518 g/mol. The lowest BCUT2D eigenvalue weighted by Crippen LogP contribution is -2.54. The molecule has 0 radical (unpaired) electrons. The van der Waals surface area contributed by atoms with Gasteiger partial charge in [-0.2, -0.15) is 0 Å². The molecular formula is C32H23ClN2O3. The van der Waals surface area contributed by atoms with Gasteiger partial charge in [0.1, 0.15) is 5.75 Å². The van der Waals surface area contributed by atoms with E-state index in [1.54, 1.807) is 43.5 Å². The lowest BCUT2D eigenvalue weighted by molar-refractivity contribution is -0.122. The molecule has 5 nitrogen and oxygen atoms in total. The summed E-state index contributed by atoms with van der Waals surface area (Å²) in [7, 11) is 1.59. The van der Waals surface area contributed by atoms with E-state index in [9.17, 15) is 9.59 Å². The van der Waals surface area contributed by atoms with Crippen LogP contribution >= 0.6 is 11.6 Å². The number of carbonyl (C=O) groups excluding carboxylic acids is 2. The fourth-order valence-electron chi connectivity index (χ4n) is 6.77. The summed E-state index contributed by atoms with van der Waals surface area (Å²) in [6, 6.07) is 30.7. The van der Waals surface area contributed by atoms with Crippen molar-refractivity contribution in [1.82, 2.24) is 0 Å². The standard InChI is InChI=1S/C32H23ClN2O3/c1-38-22-15-13-21(14-16-22)35-30(36)28-27-23-9-2-4-11-25(23)32(29(28)31(35)37,26-12-5-3-10-24(26)27)18-34-20-8-6-7-19(33)17-20/h2-18,27-29H,1H3/t27?,28-,29-,32?/m0/s1. The third-order valence-electron chi connectivity index (χ3n) is 8.24. The Balaban J connectivity index is 1.48. The van der Waals surface area contributed by atoms with Gasteiger partial charge in [-0.15, -0.1) is 0 Å². The molecular weight excluding hydrogens is 496 g/mol. The van der Waals surface area contributed by atoms with Gasteiger partial charge in [0.15, 0.2) is 0 Å². The maximum absolute atomic E-state index is 14.4. The Bertz CT molecular complexity index is 1600. The number of anilines is 1. The van der Waals surface area contributed by atoms with E-state index in [0.29, 0.717) is 22.1 Å². The van der Waals surface area contributed by atoms with Gasteiger partial charge >= 0.3 is 0 Å². The zero-order chi connectivity index (χ0) is 26.0. The van der Waals surface area contributed by atoms with Crippen LogP contribution in [-0.2, 0) is 15.0 Å². The lowest BCUT2D eigenvalue weighted by Gasteiger charge is -2.52. The van der Waals surface area contributed by atoms with Gasteiger partial charge in [0, 0.05) is 17.2 Å². The molecule has 2 atom stereocenters. The molecule has 0 unspecified atom stereocenters. The maximum Gasteiger partial charge on any atom is 0.239 e. The number of nitrogens with zero attached hydrogens (tertiary/aromatic N) is 2. The SMILES string of the molecule is COc1ccc(N2C(=O)[C@@H]3[C@@H](C2=O)C2c4ccccc4C3(C=Nc3cccc(Cl)c3)c3ccccc32)cc1. The first-order valence-corrected chi connectivity index (χ1v) is 12.9. The summed E-state index contributed by atoms with van der Waals surface area (Å²) in [4.78, 5) is 34.8. The largest absolute Gasteiger partial charge is 0.497 e. The number of ether oxygens (including phenoxy) is 1. The van der Waals surface area contributed by atoms with Crippen LogP contribution in [0.4, 0.5) is 11.4 Å². The van der Waals surface area contributed by atoms with E-state index in [1.165, 1.54) is 4.90 Å². The third kappa shape index (κ3) is 3.02. The molecule has 38 heavy (non-hydrogen) atoms. The molecule has 0 aromatic heterocycles. The van der Waals surface area contributed by atoms with Gasteiger partial charge in [-0.05, 0) is 64.7 Å². The first-order valence-electron chi connectivity index (χ1n) is 12.6. The predicted octanol–water partition coefficient (Wildman–Crippen LogP) is 6.30. The van der Waals surface area contributed by atoms with Gasteiger partial charge in [0.2, 0.25) is 11.8 Å². The molecule has 186 valence electrons. The molecule has 4 aliphatic rings. The Morgan fingerprint density at radius 2 is 1.50 bits per heavy atom. The summed E-state index contributed by atoms with van der Waals surface area (Å²) in [5.74, 6) is -1.12. The summed E-state index contributed by atoms with van der Waals surface area (Å²) < 4.78 is 5.29. The van der Waals surface area contributed by atoms with E-state index in [1.807, 2.05) is 42.6 Å². The first-order chi connectivity index (χ1) is 18.5.